The molecule has 0 bridgehead atoms. The van der Waals surface area contributed by atoms with Gasteiger partial charge in [-0.3, -0.25) is 0 Å². The van der Waals surface area contributed by atoms with Crippen molar-refractivity contribution in [2.45, 2.75) is 26.8 Å². The molecule has 0 aliphatic carbocycles. The fraction of sp³-hybridized carbons (Fsp3) is 0.174. The van der Waals surface area contributed by atoms with E-state index < -0.39 is 0 Å². The quantitative estimate of drug-likeness (QED) is 0.557. The highest BCUT2D eigenvalue weighted by molar-refractivity contribution is 7.80. The summed E-state index contributed by atoms with van der Waals surface area (Å²) in [5.74, 6) is 0. The summed E-state index contributed by atoms with van der Waals surface area (Å²) in [5.41, 5.74) is 7.17. The Kier molecular flexibility index (Phi) is 5.69. The van der Waals surface area contributed by atoms with Crippen molar-refractivity contribution in [1.82, 2.24) is 5.32 Å². The maximum Gasteiger partial charge on any atom is 0.171 e. The van der Waals surface area contributed by atoms with Crippen LogP contribution in [-0.4, -0.2) is 5.11 Å². The summed E-state index contributed by atoms with van der Waals surface area (Å²) in [5, 5.41) is 7.32. The third-order valence-electron chi connectivity index (χ3n) is 4.72. The number of benzene rings is 3. The van der Waals surface area contributed by atoms with E-state index in [1.54, 1.807) is 0 Å². The summed E-state index contributed by atoms with van der Waals surface area (Å²) in [4.78, 5) is 0. The van der Waals surface area contributed by atoms with Crippen molar-refractivity contribution in [3.63, 3.8) is 0 Å². The average Bonchev–Trinajstić information content (AvgIpc) is 2.66. The van der Waals surface area contributed by atoms with E-state index in [0.717, 1.165) is 5.69 Å². The SMILES string of the molecule is Cc1cccc(NC(=S)N[C@H](C)c2ccc(-c3ccccc3)cc2)c1C. The summed E-state index contributed by atoms with van der Waals surface area (Å²) in [6.45, 7) is 6.33. The minimum atomic E-state index is 0.130. The average molecular weight is 361 g/mol. The zero-order valence-corrected chi connectivity index (χ0v) is 16.2. The lowest BCUT2D eigenvalue weighted by Gasteiger charge is -2.19. The van der Waals surface area contributed by atoms with Crippen molar-refractivity contribution < 1.29 is 0 Å². The molecule has 2 N–H and O–H groups in total. The number of hydrogen-bond acceptors (Lipinski definition) is 1. The van der Waals surface area contributed by atoms with Crippen LogP contribution in [0, 0.1) is 13.8 Å². The molecule has 26 heavy (non-hydrogen) atoms. The van der Waals surface area contributed by atoms with Gasteiger partial charge >= 0.3 is 0 Å². The minimum absolute atomic E-state index is 0.130. The van der Waals surface area contributed by atoms with Crippen molar-refractivity contribution in [1.29, 1.82) is 0 Å². The monoisotopic (exact) mass is 360 g/mol. The van der Waals surface area contributed by atoms with E-state index in [1.807, 2.05) is 12.1 Å². The van der Waals surface area contributed by atoms with Crippen LogP contribution in [-0.2, 0) is 0 Å². The van der Waals surface area contributed by atoms with Gasteiger partial charge in [0.1, 0.15) is 0 Å². The maximum absolute atomic E-state index is 5.50. The van der Waals surface area contributed by atoms with Gasteiger partial charge in [-0.25, -0.2) is 0 Å². The fourth-order valence-corrected chi connectivity index (χ4v) is 3.21. The summed E-state index contributed by atoms with van der Waals surface area (Å²) in [6.07, 6.45) is 0. The van der Waals surface area contributed by atoms with E-state index in [-0.39, 0.29) is 6.04 Å². The van der Waals surface area contributed by atoms with E-state index in [1.165, 1.54) is 27.8 Å². The molecule has 0 amide bonds. The molecule has 0 aliphatic rings. The first-order valence-corrected chi connectivity index (χ1v) is 9.24. The van der Waals surface area contributed by atoms with Crippen LogP contribution in [0.2, 0.25) is 0 Å². The predicted octanol–water partition coefficient (Wildman–Crippen LogP) is 6.02. The molecule has 0 spiro atoms. The maximum atomic E-state index is 5.50. The van der Waals surface area contributed by atoms with Gasteiger partial charge in [0.2, 0.25) is 0 Å². The molecule has 3 rings (SSSR count). The highest BCUT2D eigenvalue weighted by atomic mass is 32.1. The molecule has 132 valence electrons. The number of aryl methyl sites for hydroxylation is 1. The van der Waals surface area contributed by atoms with Gasteiger partial charge in [0.25, 0.3) is 0 Å². The number of hydrogen-bond donors (Lipinski definition) is 2. The Balaban J connectivity index is 1.65. The van der Waals surface area contributed by atoms with Gasteiger partial charge in [-0.2, -0.15) is 0 Å². The van der Waals surface area contributed by atoms with E-state index in [0.29, 0.717) is 5.11 Å². The molecule has 3 heteroatoms. The number of rotatable bonds is 4. The lowest BCUT2D eigenvalue weighted by Crippen LogP contribution is -2.31. The number of nitrogens with one attached hydrogen (secondary N) is 2. The molecule has 0 aromatic heterocycles. The topological polar surface area (TPSA) is 24.1 Å². The molecule has 2 nitrogen and oxygen atoms in total. The Labute approximate surface area is 161 Å². The van der Waals surface area contributed by atoms with Crippen LogP contribution >= 0.6 is 12.2 Å². The van der Waals surface area contributed by atoms with Gasteiger partial charge in [-0.05, 0) is 66.9 Å². The first-order chi connectivity index (χ1) is 12.5. The largest absolute Gasteiger partial charge is 0.356 e. The van der Waals surface area contributed by atoms with Gasteiger partial charge in [0.15, 0.2) is 5.11 Å². The van der Waals surface area contributed by atoms with Crippen LogP contribution in [0.3, 0.4) is 0 Å². The summed E-state index contributed by atoms with van der Waals surface area (Å²) in [6, 6.07) is 25.4. The highest BCUT2D eigenvalue weighted by Crippen LogP contribution is 2.22. The minimum Gasteiger partial charge on any atom is -0.356 e. The molecule has 0 heterocycles. The van der Waals surface area contributed by atoms with Crippen LogP contribution in [0.1, 0.15) is 29.7 Å². The zero-order valence-electron chi connectivity index (χ0n) is 15.4. The standard InChI is InChI=1S/C23H24N2S/c1-16-8-7-11-22(17(16)2)25-23(26)24-18(3)19-12-14-21(15-13-19)20-9-5-4-6-10-20/h4-15,18H,1-3H3,(H2,24,25,26)/t18-/m1/s1. The second kappa shape index (κ2) is 8.15. The third kappa shape index (κ3) is 4.30. The molecular formula is C23H24N2S. The van der Waals surface area contributed by atoms with Crippen LogP contribution in [0.4, 0.5) is 5.69 Å². The van der Waals surface area contributed by atoms with Crippen molar-refractivity contribution in [3.8, 4) is 11.1 Å². The van der Waals surface area contributed by atoms with E-state index in [9.17, 15) is 0 Å². The molecule has 0 radical (unpaired) electrons. The van der Waals surface area contributed by atoms with Gasteiger partial charge < -0.3 is 10.6 Å². The second-order valence-corrected chi connectivity index (χ2v) is 6.96. The molecule has 0 saturated carbocycles. The summed E-state index contributed by atoms with van der Waals surface area (Å²) >= 11 is 5.50. The van der Waals surface area contributed by atoms with Crippen LogP contribution in [0.25, 0.3) is 11.1 Å². The Morgan fingerprint density at radius 2 is 1.46 bits per heavy atom. The summed E-state index contributed by atoms with van der Waals surface area (Å²) in [7, 11) is 0. The Morgan fingerprint density at radius 1 is 0.808 bits per heavy atom. The molecule has 1 atom stereocenters. The van der Waals surface area contributed by atoms with E-state index in [4.69, 9.17) is 12.2 Å². The van der Waals surface area contributed by atoms with Crippen molar-refractivity contribution >= 4 is 23.0 Å². The van der Waals surface area contributed by atoms with Gasteiger partial charge in [-0.1, -0.05) is 66.7 Å². The molecule has 3 aromatic rings. The Hall–Kier alpha value is -2.65. The number of thiocarbonyl (C=S) groups is 1. The lowest BCUT2D eigenvalue weighted by molar-refractivity contribution is 0.723. The zero-order chi connectivity index (χ0) is 18.5. The molecule has 0 fully saturated rings. The first kappa shape index (κ1) is 18.2. The van der Waals surface area contributed by atoms with Crippen molar-refractivity contribution in [2.24, 2.45) is 0 Å². The highest BCUT2D eigenvalue weighted by Gasteiger charge is 2.09. The number of anilines is 1. The Bertz CT molecular complexity index is 886. The first-order valence-electron chi connectivity index (χ1n) is 8.83. The van der Waals surface area contributed by atoms with E-state index in [2.05, 4.69) is 92.1 Å². The molecule has 0 unspecified atom stereocenters. The molecular weight excluding hydrogens is 336 g/mol. The van der Waals surface area contributed by atoms with E-state index >= 15 is 0 Å². The third-order valence-corrected chi connectivity index (χ3v) is 4.94. The second-order valence-electron chi connectivity index (χ2n) is 6.56. The lowest BCUT2D eigenvalue weighted by atomic mass is 10.0. The Morgan fingerprint density at radius 3 is 2.15 bits per heavy atom. The van der Waals surface area contributed by atoms with Crippen LogP contribution in [0.5, 0.6) is 0 Å². The molecule has 0 saturated heterocycles. The van der Waals surface area contributed by atoms with Gasteiger partial charge in [0.05, 0.1) is 6.04 Å². The predicted molar refractivity (Wildman–Crippen MR) is 116 cm³/mol. The fourth-order valence-electron chi connectivity index (χ4n) is 2.92. The van der Waals surface area contributed by atoms with Gasteiger partial charge in [-0.15, -0.1) is 0 Å². The molecule has 0 aliphatic heterocycles. The van der Waals surface area contributed by atoms with Crippen molar-refractivity contribution in [2.75, 3.05) is 5.32 Å². The molecule has 3 aromatic carbocycles. The van der Waals surface area contributed by atoms with Gasteiger partial charge in [0, 0.05) is 5.69 Å². The van der Waals surface area contributed by atoms with Crippen molar-refractivity contribution in [3.05, 3.63) is 89.5 Å². The summed E-state index contributed by atoms with van der Waals surface area (Å²) < 4.78 is 0. The normalized spacial score (nSPS) is 11.7. The van der Waals surface area contributed by atoms with Crippen LogP contribution in [0.15, 0.2) is 72.8 Å². The van der Waals surface area contributed by atoms with Crippen LogP contribution < -0.4 is 10.6 Å². The smallest absolute Gasteiger partial charge is 0.171 e.